The van der Waals surface area contributed by atoms with Crippen molar-refractivity contribution in [2.45, 2.75) is 26.7 Å². The van der Waals surface area contributed by atoms with Gasteiger partial charge in [-0.05, 0) is 12.3 Å². The van der Waals surface area contributed by atoms with Gasteiger partial charge in [0.2, 0.25) is 0 Å². The molecule has 0 aliphatic rings. The number of hydrogen-bond donors (Lipinski definition) is 1. The van der Waals surface area contributed by atoms with Crippen molar-refractivity contribution in [1.82, 2.24) is 0 Å². The van der Waals surface area contributed by atoms with Gasteiger partial charge in [-0.1, -0.05) is 20.3 Å². The molecular formula is C6H14O3S. The quantitative estimate of drug-likeness (QED) is 0.631. The molecule has 3 nitrogen and oxygen atoms in total. The summed E-state index contributed by atoms with van der Waals surface area (Å²) in [6, 6.07) is 0. The molecule has 1 N–H and O–H groups in total. The third kappa shape index (κ3) is 6.19. The molecule has 0 aliphatic carbocycles. The Bertz CT molecular complexity index is 105. The third-order valence-electron chi connectivity index (χ3n) is 1.23. The lowest BCUT2D eigenvalue weighted by Crippen LogP contribution is -2.06. The van der Waals surface area contributed by atoms with E-state index < -0.39 is 11.4 Å². The Hall–Kier alpha value is 0.0700. The first kappa shape index (κ1) is 10.1. The van der Waals surface area contributed by atoms with E-state index in [0.717, 1.165) is 12.8 Å². The van der Waals surface area contributed by atoms with Gasteiger partial charge < -0.3 is 0 Å². The summed E-state index contributed by atoms with van der Waals surface area (Å²) in [6.45, 7) is 4.44. The SMILES string of the molecule is CCCC(C)COS(=O)O. The van der Waals surface area contributed by atoms with Crippen LogP contribution >= 0.6 is 0 Å². The van der Waals surface area contributed by atoms with Crippen LogP contribution in [0.4, 0.5) is 0 Å². The Morgan fingerprint density at radius 2 is 2.30 bits per heavy atom. The molecule has 0 spiro atoms. The second kappa shape index (κ2) is 5.82. The van der Waals surface area contributed by atoms with Crippen LogP contribution in [0.25, 0.3) is 0 Å². The average Bonchev–Trinajstić information content (AvgIpc) is 1.85. The molecule has 0 rings (SSSR count). The fourth-order valence-electron chi connectivity index (χ4n) is 0.750. The van der Waals surface area contributed by atoms with E-state index >= 15 is 0 Å². The fourth-order valence-corrected chi connectivity index (χ4v) is 1.10. The van der Waals surface area contributed by atoms with Crippen LogP contribution in [-0.2, 0) is 15.5 Å². The van der Waals surface area contributed by atoms with Gasteiger partial charge in [0.05, 0.1) is 6.61 Å². The van der Waals surface area contributed by atoms with Gasteiger partial charge in [-0.3, -0.25) is 8.74 Å². The maximum absolute atomic E-state index is 10.00. The van der Waals surface area contributed by atoms with Crippen LogP contribution < -0.4 is 0 Å². The predicted octanol–water partition coefficient (Wildman–Crippen LogP) is 1.58. The first-order chi connectivity index (χ1) is 4.66. The molecule has 0 aromatic rings. The van der Waals surface area contributed by atoms with Crippen LogP contribution in [0.2, 0.25) is 0 Å². The molecule has 62 valence electrons. The molecule has 0 aromatic carbocycles. The molecule has 0 aliphatic heterocycles. The second-order valence-electron chi connectivity index (χ2n) is 2.40. The van der Waals surface area contributed by atoms with Crippen molar-refractivity contribution in [3.63, 3.8) is 0 Å². The normalized spacial score (nSPS) is 16.7. The van der Waals surface area contributed by atoms with Gasteiger partial charge in [0, 0.05) is 0 Å². The largest absolute Gasteiger partial charge is 0.301 e. The van der Waals surface area contributed by atoms with Crippen LogP contribution in [-0.4, -0.2) is 15.4 Å². The standard InChI is InChI=1S/C6H14O3S/c1-3-4-6(2)5-9-10(7)8/h6H,3-5H2,1-2H3,(H,7,8). The summed E-state index contributed by atoms with van der Waals surface area (Å²) in [6.07, 6.45) is 2.12. The van der Waals surface area contributed by atoms with Crippen molar-refractivity contribution in [1.29, 1.82) is 0 Å². The number of hydrogen-bond acceptors (Lipinski definition) is 2. The van der Waals surface area contributed by atoms with E-state index in [1.165, 1.54) is 0 Å². The van der Waals surface area contributed by atoms with Crippen molar-refractivity contribution < 1.29 is 12.9 Å². The highest BCUT2D eigenvalue weighted by Crippen LogP contribution is 2.04. The lowest BCUT2D eigenvalue weighted by molar-refractivity contribution is 0.250. The molecule has 0 bridgehead atoms. The average molecular weight is 166 g/mol. The summed E-state index contributed by atoms with van der Waals surface area (Å²) in [7, 11) is 0. The summed E-state index contributed by atoms with van der Waals surface area (Å²) in [5.74, 6) is 0.376. The molecule has 0 saturated carbocycles. The highest BCUT2D eigenvalue weighted by atomic mass is 32.2. The molecule has 0 aromatic heterocycles. The molecule has 0 heterocycles. The zero-order valence-corrected chi connectivity index (χ0v) is 7.19. The van der Waals surface area contributed by atoms with Crippen LogP contribution in [0.3, 0.4) is 0 Å². The summed E-state index contributed by atoms with van der Waals surface area (Å²) < 4.78 is 22.7. The van der Waals surface area contributed by atoms with Gasteiger partial charge in [0.1, 0.15) is 0 Å². The van der Waals surface area contributed by atoms with E-state index in [1.54, 1.807) is 0 Å². The molecule has 0 radical (unpaired) electrons. The molecule has 2 unspecified atom stereocenters. The van der Waals surface area contributed by atoms with Crippen molar-refractivity contribution in [3.05, 3.63) is 0 Å². The Kier molecular flexibility index (Phi) is 5.87. The summed E-state index contributed by atoms with van der Waals surface area (Å²) in [4.78, 5) is 0. The lowest BCUT2D eigenvalue weighted by Gasteiger charge is -2.06. The predicted molar refractivity (Wildman–Crippen MR) is 40.8 cm³/mol. The van der Waals surface area contributed by atoms with Gasteiger partial charge in [-0.2, -0.15) is 4.21 Å². The van der Waals surface area contributed by atoms with Gasteiger partial charge in [-0.25, -0.2) is 0 Å². The molecule has 0 saturated heterocycles. The maximum atomic E-state index is 10.00. The minimum Gasteiger partial charge on any atom is -0.284 e. The van der Waals surface area contributed by atoms with E-state index in [9.17, 15) is 4.21 Å². The topological polar surface area (TPSA) is 46.5 Å². The van der Waals surface area contributed by atoms with E-state index in [-0.39, 0.29) is 0 Å². The first-order valence-electron chi connectivity index (χ1n) is 3.41. The van der Waals surface area contributed by atoms with Crippen molar-refractivity contribution >= 4 is 11.4 Å². The lowest BCUT2D eigenvalue weighted by atomic mass is 10.1. The Balaban J connectivity index is 3.21. The minimum absolute atomic E-state index is 0.372. The Morgan fingerprint density at radius 1 is 1.70 bits per heavy atom. The third-order valence-corrected chi connectivity index (χ3v) is 1.57. The van der Waals surface area contributed by atoms with Gasteiger partial charge in [0.25, 0.3) is 0 Å². The highest BCUT2D eigenvalue weighted by molar-refractivity contribution is 7.74. The highest BCUT2D eigenvalue weighted by Gasteiger charge is 2.01. The Labute approximate surface area is 64.3 Å². The van der Waals surface area contributed by atoms with Gasteiger partial charge >= 0.3 is 11.4 Å². The second-order valence-corrected chi connectivity index (χ2v) is 3.07. The molecule has 0 fully saturated rings. The summed E-state index contributed by atoms with van der Waals surface area (Å²) >= 11 is -2.09. The van der Waals surface area contributed by atoms with Gasteiger partial charge in [0.15, 0.2) is 0 Å². The van der Waals surface area contributed by atoms with Gasteiger partial charge in [-0.15, -0.1) is 0 Å². The smallest absolute Gasteiger partial charge is 0.284 e. The van der Waals surface area contributed by atoms with Crippen LogP contribution in [0.1, 0.15) is 26.7 Å². The first-order valence-corrected chi connectivity index (χ1v) is 4.44. The zero-order chi connectivity index (χ0) is 7.98. The zero-order valence-electron chi connectivity index (χ0n) is 6.37. The number of rotatable bonds is 5. The molecular weight excluding hydrogens is 152 g/mol. The van der Waals surface area contributed by atoms with Crippen LogP contribution in [0.15, 0.2) is 0 Å². The van der Waals surface area contributed by atoms with Crippen molar-refractivity contribution in [2.24, 2.45) is 5.92 Å². The maximum Gasteiger partial charge on any atom is 0.301 e. The monoisotopic (exact) mass is 166 g/mol. The Morgan fingerprint density at radius 3 is 2.70 bits per heavy atom. The van der Waals surface area contributed by atoms with Crippen molar-refractivity contribution in [2.75, 3.05) is 6.61 Å². The molecule has 0 amide bonds. The van der Waals surface area contributed by atoms with Crippen LogP contribution in [0, 0.1) is 5.92 Å². The summed E-state index contributed by atoms with van der Waals surface area (Å²) in [5.41, 5.74) is 0. The molecule has 2 atom stereocenters. The minimum atomic E-state index is -2.09. The summed E-state index contributed by atoms with van der Waals surface area (Å²) in [5, 5.41) is 0. The van der Waals surface area contributed by atoms with E-state index in [1.807, 2.05) is 6.92 Å². The fraction of sp³-hybridized carbons (Fsp3) is 1.00. The molecule has 4 heteroatoms. The van der Waals surface area contributed by atoms with E-state index in [0.29, 0.717) is 12.5 Å². The molecule has 10 heavy (non-hydrogen) atoms. The van der Waals surface area contributed by atoms with Crippen LogP contribution in [0.5, 0.6) is 0 Å². The van der Waals surface area contributed by atoms with Crippen molar-refractivity contribution in [3.8, 4) is 0 Å². The van der Waals surface area contributed by atoms with E-state index in [2.05, 4.69) is 11.1 Å². The van der Waals surface area contributed by atoms with E-state index in [4.69, 9.17) is 4.55 Å².